The van der Waals surface area contributed by atoms with Crippen LogP contribution in [0.3, 0.4) is 0 Å². The third kappa shape index (κ3) is 6.42. The van der Waals surface area contributed by atoms with E-state index < -0.39 is 0 Å². The number of nitriles is 1. The van der Waals surface area contributed by atoms with Crippen molar-refractivity contribution in [3.8, 4) is 11.8 Å². The molecule has 1 fully saturated rings. The molecule has 0 bridgehead atoms. The Bertz CT molecular complexity index is 1370. The largest absolute Gasteiger partial charge is 0.508 e. The molecule has 0 radical (unpaired) electrons. The fourth-order valence-electron chi connectivity index (χ4n) is 6.07. The maximum atomic E-state index is 10.3. The monoisotopic (exact) mass is 561 g/mol. The molecule has 2 aliphatic rings. The Kier molecular flexibility index (Phi) is 8.30. The van der Waals surface area contributed by atoms with Gasteiger partial charge in [-0.3, -0.25) is 0 Å². The van der Waals surface area contributed by atoms with Crippen molar-refractivity contribution >= 4 is 17.1 Å². The highest BCUT2D eigenvalue weighted by Crippen LogP contribution is 2.49. The van der Waals surface area contributed by atoms with Gasteiger partial charge in [-0.15, -0.1) is 5.10 Å². The highest BCUT2D eigenvalue weighted by atomic mass is 17.2. The van der Waals surface area contributed by atoms with Crippen LogP contribution in [-0.4, -0.2) is 38.4 Å². The Morgan fingerprint density at radius 3 is 2.17 bits per heavy atom. The number of phenolic OH excluding ortho intramolecular Hbond substituents is 1. The normalized spacial score (nSPS) is 24.6. The fraction of sp³-hybridized carbons (Fsp3) is 0.636. The van der Waals surface area contributed by atoms with E-state index in [2.05, 4.69) is 54.5 Å². The lowest BCUT2D eigenvalue weighted by atomic mass is 9.59. The van der Waals surface area contributed by atoms with Crippen molar-refractivity contribution in [3.05, 3.63) is 41.0 Å². The summed E-state index contributed by atoms with van der Waals surface area (Å²) in [7, 11) is 0. The number of hydrogen-bond acceptors (Lipinski definition) is 7. The lowest BCUT2D eigenvalue weighted by Gasteiger charge is -2.49. The number of aromatic nitrogens is 3. The molecule has 1 saturated carbocycles. The summed E-state index contributed by atoms with van der Waals surface area (Å²) in [6.45, 7) is 24.0. The van der Waals surface area contributed by atoms with E-state index in [1.165, 1.54) is 0 Å². The van der Waals surface area contributed by atoms with Crippen molar-refractivity contribution in [1.82, 2.24) is 14.8 Å². The SMILES string of the molecule is Cc1cc(O)ccc1/N=C1/C(COOC2C(C(C)(C)C)CC(C)CC2C(C)(C)C)=C(C#N)c2nc(C(C)(C)C)nn21. The summed E-state index contributed by atoms with van der Waals surface area (Å²) in [4.78, 5) is 22.1. The molecule has 2 aromatic rings. The van der Waals surface area contributed by atoms with E-state index in [9.17, 15) is 10.4 Å². The minimum absolute atomic E-state index is 0.0362. The van der Waals surface area contributed by atoms with E-state index in [-0.39, 0.29) is 34.7 Å². The number of allylic oxidation sites excluding steroid dienone is 1. The van der Waals surface area contributed by atoms with E-state index >= 15 is 0 Å². The van der Waals surface area contributed by atoms with Gasteiger partial charge in [0.1, 0.15) is 24.0 Å². The van der Waals surface area contributed by atoms with Crippen molar-refractivity contribution in [1.29, 1.82) is 5.26 Å². The van der Waals surface area contributed by atoms with Gasteiger partial charge in [-0.25, -0.2) is 19.8 Å². The van der Waals surface area contributed by atoms with Gasteiger partial charge in [0, 0.05) is 11.0 Å². The molecular formula is C33H47N5O3. The van der Waals surface area contributed by atoms with E-state index in [1.54, 1.807) is 22.9 Å². The molecule has 222 valence electrons. The highest BCUT2D eigenvalue weighted by molar-refractivity contribution is 6.14. The van der Waals surface area contributed by atoms with Crippen LogP contribution in [0.5, 0.6) is 5.75 Å². The van der Waals surface area contributed by atoms with Gasteiger partial charge in [-0.2, -0.15) is 9.94 Å². The smallest absolute Gasteiger partial charge is 0.176 e. The lowest BCUT2D eigenvalue weighted by Crippen LogP contribution is -2.48. The Balaban J connectivity index is 1.72. The van der Waals surface area contributed by atoms with Crippen molar-refractivity contribution < 1.29 is 14.9 Å². The van der Waals surface area contributed by atoms with Gasteiger partial charge >= 0.3 is 0 Å². The summed E-state index contributed by atoms with van der Waals surface area (Å²) in [5, 5.41) is 25.0. The Morgan fingerprint density at radius 2 is 1.66 bits per heavy atom. The van der Waals surface area contributed by atoms with Crippen LogP contribution in [0.25, 0.3) is 5.57 Å². The molecule has 0 amide bonds. The summed E-state index contributed by atoms with van der Waals surface area (Å²) in [5.74, 6) is 2.99. The Labute approximate surface area is 245 Å². The first-order valence-corrected chi connectivity index (χ1v) is 14.7. The minimum Gasteiger partial charge on any atom is -0.508 e. The third-order valence-electron chi connectivity index (χ3n) is 8.51. The zero-order valence-corrected chi connectivity index (χ0v) is 26.7. The zero-order valence-electron chi connectivity index (χ0n) is 26.7. The molecule has 1 aromatic heterocycles. The van der Waals surface area contributed by atoms with Crippen LogP contribution < -0.4 is 0 Å². The second kappa shape index (κ2) is 11.0. The van der Waals surface area contributed by atoms with E-state index in [0.29, 0.717) is 52.1 Å². The molecule has 2 unspecified atom stereocenters. The van der Waals surface area contributed by atoms with Gasteiger partial charge in [0.25, 0.3) is 0 Å². The summed E-state index contributed by atoms with van der Waals surface area (Å²) < 4.78 is 1.64. The number of hydrogen-bond donors (Lipinski definition) is 1. The Morgan fingerprint density at radius 1 is 1.05 bits per heavy atom. The van der Waals surface area contributed by atoms with Gasteiger partial charge in [-0.1, -0.05) is 69.2 Å². The summed E-state index contributed by atoms with van der Waals surface area (Å²) in [6.07, 6.45) is 2.08. The van der Waals surface area contributed by atoms with Gasteiger partial charge in [0.15, 0.2) is 17.5 Å². The number of benzene rings is 1. The van der Waals surface area contributed by atoms with Crippen LogP contribution in [0.1, 0.15) is 99.3 Å². The number of aromatic hydroxyl groups is 1. The minimum atomic E-state index is -0.306. The molecule has 1 aliphatic carbocycles. The van der Waals surface area contributed by atoms with E-state index in [0.717, 1.165) is 18.4 Å². The van der Waals surface area contributed by atoms with Gasteiger partial charge in [-0.05, 0) is 72.1 Å². The average Bonchev–Trinajstić information content (AvgIpc) is 3.38. The molecule has 1 aliphatic heterocycles. The quantitative estimate of drug-likeness (QED) is 0.299. The fourth-order valence-corrected chi connectivity index (χ4v) is 6.07. The number of phenols is 1. The third-order valence-corrected chi connectivity index (χ3v) is 8.51. The van der Waals surface area contributed by atoms with E-state index in [4.69, 9.17) is 24.9 Å². The summed E-state index contributed by atoms with van der Waals surface area (Å²) >= 11 is 0. The summed E-state index contributed by atoms with van der Waals surface area (Å²) in [6, 6.07) is 7.35. The van der Waals surface area contributed by atoms with Crippen LogP contribution in [0, 0.1) is 46.8 Å². The molecule has 1 aromatic carbocycles. The van der Waals surface area contributed by atoms with Crippen LogP contribution in [0.2, 0.25) is 0 Å². The molecule has 2 heterocycles. The first kappa shape index (κ1) is 30.9. The molecule has 41 heavy (non-hydrogen) atoms. The first-order valence-electron chi connectivity index (χ1n) is 14.7. The van der Waals surface area contributed by atoms with Crippen LogP contribution in [-0.2, 0) is 15.2 Å². The van der Waals surface area contributed by atoms with Gasteiger partial charge in [0.05, 0.1) is 11.8 Å². The second-order valence-corrected chi connectivity index (χ2v) is 15.1. The van der Waals surface area contributed by atoms with Crippen LogP contribution in [0.15, 0.2) is 28.8 Å². The summed E-state index contributed by atoms with van der Waals surface area (Å²) in [5.41, 5.74) is 2.22. The maximum Gasteiger partial charge on any atom is 0.176 e. The molecule has 4 rings (SSSR count). The number of aryl methyl sites for hydroxylation is 1. The highest BCUT2D eigenvalue weighted by Gasteiger charge is 2.47. The molecule has 8 heteroatoms. The maximum absolute atomic E-state index is 10.3. The number of nitrogens with zero attached hydrogens (tertiary/aromatic N) is 5. The van der Waals surface area contributed by atoms with E-state index in [1.807, 2.05) is 27.7 Å². The van der Waals surface area contributed by atoms with Crippen molar-refractivity contribution in [2.75, 3.05) is 6.61 Å². The average molecular weight is 562 g/mol. The molecular weight excluding hydrogens is 514 g/mol. The number of rotatable bonds is 5. The molecule has 0 spiro atoms. The van der Waals surface area contributed by atoms with Crippen LogP contribution in [0.4, 0.5) is 5.69 Å². The number of fused-ring (bicyclic) bond motifs is 1. The zero-order chi connectivity index (χ0) is 30.5. The standard InChI is InChI=1S/C33H47N5O3/c1-19-14-24(31(3,4)5)27(25(15-19)32(6,7)8)41-40-18-23-22(17-34)28-36-30(33(9,10)11)37-38(28)29(23)35-26-13-12-21(39)16-20(26)2/h12-13,16,19,24-25,27,39H,14-15,18H2,1-11H3/b35-29-. The topological polar surface area (TPSA) is 106 Å². The molecule has 8 nitrogen and oxygen atoms in total. The molecule has 0 saturated heterocycles. The van der Waals surface area contributed by atoms with Gasteiger partial charge in [0.2, 0.25) is 0 Å². The van der Waals surface area contributed by atoms with Crippen molar-refractivity contribution in [2.45, 2.75) is 101 Å². The molecule has 1 N–H and O–H groups in total. The second-order valence-electron chi connectivity index (χ2n) is 15.1. The Hall–Kier alpha value is -3.02. The first-order chi connectivity index (χ1) is 18.9. The van der Waals surface area contributed by atoms with Crippen molar-refractivity contribution in [3.63, 3.8) is 0 Å². The predicted octanol–water partition coefficient (Wildman–Crippen LogP) is 7.53. The van der Waals surface area contributed by atoms with Crippen molar-refractivity contribution in [2.24, 2.45) is 33.6 Å². The predicted molar refractivity (Wildman–Crippen MR) is 162 cm³/mol. The number of aliphatic imine (C=N–C) groups is 1. The lowest BCUT2D eigenvalue weighted by molar-refractivity contribution is -0.354. The molecule has 2 atom stereocenters. The van der Waals surface area contributed by atoms with Crippen LogP contribution >= 0.6 is 0 Å². The van der Waals surface area contributed by atoms with Gasteiger partial charge < -0.3 is 5.11 Å².